The molecule has 4 atom stereocenters. The van der Waals surface area contributed by atoms with Crippen LogP contribution in [0.5, 0.6) is 0 Å². The van der Waals surface area contributed by atoms with Gasteiger partial charge in [0.1, 0.15) is 0 Å². The van der Waals surface area contributed by atoms with E-state index in [0.717, 1.165) is 24.3 Å². The lowest BCUT2D eigenvalue weighted by Crippen LogP contribution is -2.43. The number of rotatable bonds is 6. The zero-order chi connectivity index (χ0) is 12.4. The largest absolute Gasteiger partial charge is 0.370 e. The summed E-state index contributed by atoms with van der Waals surface area (Å²) in [7, 11) is 2.08. The molecule has 2 rings (SSSR count). The van der Waals surface area contributed by atoms with Crippen molar-refractivity contribution in [1.82, 2.24) is 4.90 Å². The summed E-state index contributed by atoms with van der Waals surface area (Å²) in [6, 6.07) is 0.117. The molecule has 2 aliphatic rings. The minimum Gasteiger partial charge on any atom is -0.370 e. The molecule has 0 aromatic heterocycles. The van der Waals surface area contributed by atoms with E-state index in [0.29, 0.717) is 13.0 Å². The number of likely N-dealkylation sites (N-methyl/N-ethyl adjacent to an activating group) is 1. The van der Waals surface area contributed by atoms with Crippen molar-refractivity contribution in [1.29, 1.82) is 0 Å². The monoisotopic (exact) mass is 239 g/mol. The molecule has 1 amide bonds. The van der Waals surface area contributed by atoms with Gasteiger partial charge in [-0.05, 0) is 44.1 Å². The lowest BCUT2D eigenvalue weighted by Gasteiger charge is -2.31. The molecule has 2 aliphatic carbocycles. The number of hydrogen-bond acceptors (Lipinski definition) is 3. The molecule has 0 aliphatic heterocycles. The summed E-state index contributed by atoms with van der Waals surface area (Å²) in [6.45, 7) is 1.59. The van der Waals surface area contributed by atoms with Crippen molar-refractivity contribution in [3.8, 4) is 0 Å². The molecule has 0 aromatic rings. The first kappa shape index (κ1) is 12.8. The number of carbonyl (C=O) groups excluding carboxylic acids is 1. The molecule has 17 heavy (non-hydrogen) atoms. The minimum absolute atomic E-state index is 0.117. The predicted octanol–water partition coefficient (Wildman–Crippen LogP) is 0.557. The molecule has 4 N–H and O–H groups in total. The van der Waals surface area contributed by atoms with Gasteiger partial charge >= 0.3 is 0 Å². The van der Waals surface area contributed by atoms with Crippen molar-refractivity contribution in [3.05, 3.63) is 0 Å². The van der Waals surface area contributed by atoms with Gasteiger partial charge in [0, 0.05) is 25.6 Å². The summed E-state index contributed by atoms with van der Waals surface area (Å²) in [5.41, 5.74) is 11.0. The van der Waals surface area contributed by atoms with E-state index in [4.69, 9.17) is 11.5 Å². The molecule has 0 spiro atoms. The second-order valence-electron chi connectivity index (χ2n) is 5.93. The first-order valence-corrected chi connectivity index (χ1v) is 6.78. The van der Waals surface area contributed by atoms with E-state index in [-0.39, 0.29) is 11.9 Å². The van der Waals surface area contributed by atoms with Crippen LogP contribution in [0, 0.1) is 17.8 Å². The van der Waals surface area contributed by atoms with Crippen molar-refractivity contribution >= 4 is 5.91 Å². The van der Waals surface area contributed by atoms with E-state index in [1.165, 1.54) is 25.7 Å². The topological polar surface area (TPSA) is 72.3 Å². The summed E-state index contributed by atoms with van der Waals surface area (Å²) in [4.78, 5) is 13.2. The molecule has 2 saturated carbocycles. The second-order valence-corrected chi connectivity index (χ2v) is 5.93. The van der Waals surface area contributed by atoms with Gasteiger partial charge in [0.05, 0.1) is 0 Å². The molecular formula is C13H25N3O. The van der Waals surface area contributed by atoms with Crippen LogP contribution >= 0.6 is 0 Å². The molecule has 0 aromatic carbocycles. The standard InChI is InChI=1S/C13H25N3O/c1-16(12(7-14)6-13(15)17)8-11-5-9-2-3-10(11)4-9/h9-12H,2-8,14H2,1H3,(H2,15,17). The lowest BCUT2D eigenvalue weighted by atomic mass is 9.88. The van der Waals surface area contributed by atoms with E-state index in [2.05, 4.69) is 11.9 Å². The van der Waals surface area contributed by atoms with Gasteiger partial charge in [-0.2, -0.15) is 0 Å². The highest BCUT2D eigenvalue weighted by Crippen LogP contribution is 2.48. The Morgan fingerprint density at radius 2 is 2.18 bits per heavy atom. The number of primary amides is 1. The number of nitrogens with zero attached hydrogens (tertiary/aromatic N) is 1. The van der Waals surface area contributed by atoms with Gasteiger partial charge in [0.15, 0.2) is 0 Å². The minimum atomic E-state index is -0.250. The third kappa shape index (κ3) is 2.99. The zero-order valence-corrected chi connectivity index (χ0v) is 10.8. The van der Waals surface area contributed by atoms with Crippen LogP contribution in [-0.2, 0) is 4.79 Å². The van der Waals surface area contributed by atoms with Gasteiger partial charge in [-0.1, -0.05) is 6.42 Å². The second kappa shape index (κ2) is 5.36. The SMILES string of the molecule is CN(CC1CC2CCC1C2)C(CN)CC(N)=O. The molecule has 0 radical (unpaired) electrons. The Labute approximate surface area is 104 Å². The van der Waals surface area contributed by atoms with E-state index >= 15 is 0 Å². The Balaban J connectivity index is 1.83. The quantitative estimate of drug-likeness (QED) is 0.711. The summed E-state index contributed by atoms with van der Waals surface area (Å²) >= 11 is 0. The molecule has 0 saturated heterocycles. The van der Waals surface area contributed by atoms with Crippen LogP contribution in [0.25, 0.3) is 0 Å². The van der Waals surface area contributed by atoms with Crippen LogP contribution in [0.4, 0.5) is 0 Å². The van der Waals surface area contributed by atoms with Crippen molar-refractivity contribution in [2.45, 2.75) is 38.1 Å². The smallest absolute Gasteiger partial charge is 0.219 e. The van der Waals surface area contributed by atoms with Gasteiger partial charge < -0.3 is 16.4 Å². The van der Waals surface area contributed by atoms with Gasteiger partial charge in [0.25, 0.3) is 0 Å². The third-order valence-electron chi connectivity index (χ3n) is 4.74. The first-order chi connectivity index (χ1) is 8.10. The van der Waals surface area contributed by atoms with Crippen LogP contribution in [0.2, 0.25) is 0 Å². The number of fused-ring (bicyclic) bond motifs is 2. The highest BCUT2D eigenvalue weighted by atomic mass is 16.1. The zero-order valence-electron chi connectivity index (χ0n) is 10.8. The molecule has 4 unspecified atom stereocenters. The van der Waals surface area contributed by atoms with Crippen LogP contribution in [0.15, 0.2) is 0 Å². The fourth-order valence-electron chi connectivity index (χ4n) is 3.77. The maximum absolute atomic E-state index is 11.0. The molecule has 98 valence electrons. The highest BCUT2D eigenvalue weighted by Gasteiger charge is 2.40. The Morgan fingerprint density at radius 1 is 1.41 bits per heavy atom. The van der Waals surface area contributed by atoms with Gasteiger partial charge in [-0.25, -0.2) is 0 Å². The Morgan fingerprint density at radius 3 is 2.65 bits per heavy atom. The number of hydrogen-bond donors (Lipinski definition) is 2. The van der Waals surface area contributed by atoms with E-state index < -0.39 is 0 Å². The van der Waals surface area contributed by atoms with Crippen molar-refractivity contribution in [2.24, 2.45) is 29.2 Å². The van der Waals surface area contributed by atoms with Crippen molar-refractivity contribution < 1.29 is 4.79 Å². The average Bonchev–Trinajstić information content (AvgIpc) is 2.87. The average molecular weight is 239 g/mol. The maximum Gasteiger partial charge on any atom is 0.219 e. The van der Waals surface area contributed by atoms with Crippen LogP contribution in [0.1, 0.15) is 32.1 Å². The van der Waals surface area contributed by atoms with E-state index in [1.54, 1.807) is 0 Å². The Bertz CT molecular complexity index is 282. The highest BCUT2D eigenvalue weighted by molar-refractivity contribution is 5.74. The normalized spacial score (nSPS) is 33.2. The summed E-state index contributed by atoms with van der Waals surface area (Å²) in [5.74, 6) is 2.47. The molecule has 4 nitrogen and oxygen atoms in total. The summed E-state index contributed by atoms with van der Waals surface area (Å²) < 4.78 is 0. The molecule has 2 fully saturated rings. The fourth-order valence-corrected chi connectivity index (χ4v) is 3.77. The van der Waals surface area contributed by atoms with Crippen molar-refractivity contribution in [3.63, 3.8) is 0 Å². The summed E-state index contributed by atoms with van der Waals surface area (Å²) in [5, 5.41) is 0. The first-order valence-electron chi connectivity index (χ1n) is 6.78. The lowest BCUT2D eigenvalue weighted by molar-refractivity contribution is -0.119. The van der Waals surface area contributed by atoms with Gasteiger partial charge in [-0.15, -0.1) is 0 Å². The number of carbonyl (C=O) groups is 1. The number of amides is 1. The van der Waals surface area contributed by atoms with Crippen molar-refractivity contribution in [2.75, 3.05) is 20.1 Å². The third-order valence-corrected chi connectivity index (χ3v) is 4.74. The fraction of sp³-hybridized carbons (Fsp3) is 0.923. The Hall–Kier alpha value is -0.610. The number of nitrogens with two attached hydrogens (primary N) is 2. The van der Waals surface area contributed by atoms with E-state index in [9.17, 15) is 4.79 Å². The molecule has 4 heteroatoms. The van der Waals surface area contributed by atoms with Gasteiger partial charge in [-0.3, -0.25) is 4.79 Å². The Kier molecular flexibility index (Phi) is 4.05. The van der Waals surface area contributed by atoms with Crippen LogP contribution in [0.3, 0.4) is 0 Å². The van der Waals surface area contributed by atoms with E-state index in [1.807, 2.05) is 0 Å². The van der Waals surface area contributed by atoms with Crippen LogP contribution in [-0.4, -0.2) is 37.0 Å². The summed E-state index contributed by atoms with van der Waals surface area (Å²) in [6.07, 6.45) is 6.04. The molecule has 0 heterocycles. The molecule has 2 bridgehead atoms. The molecular weight excluding hydrogens is 214 g/mol. The predicted molar refractivity (Wildman–Crippen MR) is 68.2 cm³/mol. The van der Waals surface area contributed by atoms with Gasteiger partial charge in [0.2, 0.25) is 5.91 Å². The van der Waals surface area contributed by atoms with Crippen LogP contribution < -0.4 is 11.5 Å². The maximum atomic E-state index is 11.0.